The zero-order valence-electron chi connectivity index (χ0n) is 21.2. The fourth-order valence-corrected chi connectivity index (χ4v) is 3.92. The van der Waals surface area contributed by atoms with E-state index in [1.54, 1.807) is 24.8 Å². The Morgan fingerprint density at radius 1 is 1.19 bits per heavy atom. The van der Waals surface area contributed by atoms with Crippen molar-refractivity contribution in [2.24, 2.45) is 0 Å². The number of fused-ring (bicyclic) bond motifs is 1. The number of carbonyl (C=O) groups is 1. The standard InChI is InChI=1S/C25H35F3N6O2/c1-16(2)29-9-5-10-30-22-20(25(26,27)28)14-31-23(33-22)32-19-7-6-18-15-34(11-8-17(18)12-19)21(35)13-24(3,4)36/h6-7,12,14,16,29,36H,5,8-11,13,15H2,1-4H3,(H2,30,31,32,33). The van der Waals surface area contributed by atoms with E-state index in [2.05, 4.69) is 25.9 Å². The number of amides is 1. The SMILES string of the molecule is CC(C)NCCCNc1nc(Nc2ccc3c(c2)CCN(C(=O)CC(C)(C)O)C3)ncc1C(F)(F)F. The summed E-state index contributed by atoms with van der Waals surface area (Å²) in [5, 5.41) is 18.9. The number of alkyl halides is 3. The van der Waals surface area contributed by atoms with E-state index in [1.807, 2.05) is 26.0 Å². The van der Waals surface area contributed by atoms with Crippen LogP contribution in [0.25, 0.3) is 0 Å². The number of hydrogen-bond acceptors (Lipinski definition) is 7. The Hall–Kier alpha value is -2.92. The van der Waals surface area contributed by atoms with Crippen molar-refractivity contribution in [2.45, 2.75) is 71.3 Å². The summed E-state index contributed by atoms with van der Waals surface area (Å²) in [6.45, 7) is 9.21. The van der Waals surface area contributed by atoms with Crippen LogP contribution < -0.4 is 16.0 Å². The molecule has 3 rings (SSSR count). The van der Waals surface area contributed by atoms with Crippen LogP contribution in [-0.2, 0) is 23.9 Å². The van der Waals surface area contributed by atoms with Crippen molar-refractivity contribution in [3.8, 4) is 0 Å². The van der Waals surface area contributed by atoms with E-state index in [-0.39, 0.29) is 24.1 Å². The van der Waals surface area contributed by atoms with Gasteiger partial charge in [0.2, 0.25) is 11.9 Å². The quantitative estimate of drug-likeness (QED) is 0.359. The van der Waals surface area contributed by atoms with Crippen LogP contribution in [0.4, 0.5) is 30.6 Å². The first-order valence-electron chi connectivity index (χ1n) is 12.1. The van der Waals surface area contributed by atoms with E-state index in [0.717, 1.165) is 17.3 Å². The van der Waals surface area contributed by atoms with Crippen LogP contribution in [0.2, 0.25) is 0 Å². The van der Waals surface area contributed by atoms with Gasteiger partial charge >= 0.3 is 6.18 Å². The van der Waals surface area contributed by atoms with Crippen LogP contribution in [0.15, 0.2) is 24.4 Å². The minimum absolute atomic E-state index is 0.0534. The van der Waals surface area contributed by atoms with Gasteiger partial charge in [-0.05, 0) is 56.5 Å². The first kappa shape index (κ1) is 27.7. The van der Waals surface area contributed by atoms with Gasteiger partial charge in [0, 0.05) is 37.6 Å². The lowest BCUT2D eigenvalue weighted by molar-refractivity contribution is -0.137. The van der Waals surface area contributed by atoms with Gasteiger partial charge in [-0.25, -0.2) is 4.98 Å². The summed E-state index contributed by atoms with van der Waals surface area (Å²) in [5.41, 5.74) is 0.700. The van der Waals surface area contributed by atoms with E-state index in [9.17, 15) is 23.1 Å². The molecule has 2 heterocycles. The second kappa shape index (κ2) is 11.4. The third-order valence-corrected chi connectivity index (χ3v) is 5.70. The number of benzene rings is 1. The van der Waals surface area contributed by atoms with Crippen LogP contribution in [0.1, 0.15) is 57.2 Å². The molecule has 1 aromatic heterocycles. The molecule has 0 unspecified atom stereocenters. The highest BCUT2D eigenvalue weighted by molar-refractivity contribution is 5.77. The lowest BCUT2D eigenvalue weighted by Gasteiger charge is -2.31. The lowest BCUT2D eigenvalue weighted by Crippen LogP contribution is -2.39. The molecule has 0 atom stereocenters. The Morgan fingerprint density at radius 2 is 1.94 bits per heavy atom. The number of anilines is 3. The number of nitrogens with zero attached hydrogens (tertiary/aromatic N) is 3. The number of hydrogen-bond donors (Lipinski definition) is 4. The number of rotatable bonds is 10. The molecule has 11 heteroatoms. The summed E-state index contributed by atoms with van der Waals surface area (Å²) in [6.07, 6.45) is -2.46. The Morgan fingerprint density at radius 3 is 2.61 bits per heavy atom. The van der Waals surface area contributed by atoms with Crippen molar-refractivity contribution in [1.82, 2.24) is 20.2 Å². The van der Waals surface area contributed by atoms with Gasteiger partial charge in [-0.1, -0.05) is 19.9 Å². The lowest BCUT2D eigenvalue weighted by atomic mass is 9.97. The fourth-order valence-electron chi connectivity index (χ4n) is 3.92. The molecule has 1 amide bonds. The monoisotopic (exact) mass is 508 g/mol. The molecule has 2 aromatic rings. The largest absolute Gasteiger partial charge is 0.421 e. The van der Waals surface area contributed by atoms with E-state index < -0.39 is 17.3 Å². The number of halogens is 3. The van der Waals surface area contributed by atoms with Crippen LogP contribution in [0, 0.1) is 0 Å². The molecule has 198 valence electrons. The highest BCUT2D eigenvalue weighted by Crippen LogP contribution is 2.34. The van der Waals surface area contributed by atoms with Crippen molar-refractivity contribution in [3.63, 3.8) is 0 Å². The molecule has 1 aliphatic rings. The predicted molar refractivity (Wildman–Crippen MR) is 133 cm³/mol. The summed E-state index contributed by atoms with van der Waals surface area (Å²) in [6, 6.07) is 5.87. The third kappa shape index (κ3) is 8.06. The van der Waals surface area contributed by atoms with E-state index in [1.165, 1.54) is 0 Å². The summed E-state index contributed by atoms with van der Waals surface area (Å²) in [4.78, 5) is 22.2. The Balaban J connectivity index is 1.69. The predicted octanol–water partition coefficient (Wildman–Crippen LogP) is 4.08. The average molecular weight is 509 g/mol. The molecule has 0 aliphatic carbocycles. The van der Waals surface area contributed by atoms with Gasteiger partial charge < -0.3 is 26.0 Å². The van der Waals surface area contributed by atoms with E-state index in [0.29, 0.717) is 50.7 Å². The number of nitrogens with one attached hydrogen (secondary N) is 3. The zero-order valence-corrected chi connectivity index (χ0v) is 21.2. The molecular formula is C25H35F3N6O2. The van der Waals surface area contributed by atoms with Gasteiger partial charge in [0.15, 0.2) is 0 Å². The van der Waals surface area contributed by atoms with Crippen LogP contribution in [0.3, 0.4) is 0 Å². The fraction of sp³-hybridized carbons (Fsp3) is 0.560. The van der Waals surface area contributed by atoms with Gasteiger partial charge in [0.05, 0.1) is 12.0 Å². The van der Waals surface area contributed by atoms with Crippen molar-refractivity contribution in [3.05, 3.63) is 41.1 Å². The first-order valence-corrected chi connectivity index (χ1v) is 12.1. The zero-order chi connectivity index (χ0) is 26.5. The summed E-state index contributed by atoms with van der Waals surface area (Å²) < 4.78 is 40.4. The molecule has 1 aromatic carbocycles. The van der Waals surface area contributed by atoms with Crippen LogP contribution in [-0.4, -0.2) is 57.2 Å². The number of aliphatic hydroxyl groups is 1. The molecule has 1 aliphatic heterocycles. The van der Waals surface area contributed by atoms with E-state index >= 15 is 0 Å². The molecule has 36 heavy (non-hydrogen) atoms. The minimum atomic E-state index is -4.57. The van der Waals surface area contributed by atoms with Crippen molar-refractivity contribution in [1.29, 1.82) is 0 Å². The summed E-state index contributed by atoms with van der Waals surface area (Å²) in [7, 11) is 0. The van der Waals surface area contributed by atoms with E-state index in [4.69, 9.17) is 0 Å². The van der Waals surface area contributed by atoms with Crippen molar-refractivity contribution >= 4 is 23.4 Å². The van der Waals surface area contributed by atoms with Crippen LogP contribution >= 0.6 is 0 Å². The molecular weight excluding hydrogens is 473 g/mol. The topological polar surface area (TPSA) is 102 Å². The van der Waals surface area contributed by atoms with Crippen LogP contribution in [0.5, 0.6) is 0 Å². The summed E-state index contributed by atoms with van der Waals surface area (Å²) >= 11 is 0. The van der Waals surface area contributed by atoms with Gasteiger partial charge in [-0.2, -0.15) is 18.2 Å². The Labute approximate surface area is 209 Å². The minimum Gasteiger partial charge on any atom is -0.390 e. The second-order valence-corrected chi connectivity index (χ2v) is 10.0. The highest BCUT2D eigenvalue weighted by Gasteiger charge is 2.35. The van der Waals surface area contributed by atoms with Gasteiger partial charge in [-0.15, -0.1) is 0 Å². The maximum absolute atomic E-state index is 13.5. The second-order valence-electron chi connectivity index (χ2n) is 10.0. The summed E-state index contributed by atoms with van der Waals surface area (Å²) in [5.74, 6) is -0.305. The van der Waals surface area contributed by atoms with Crippen molar-refractivity contribution in [2.75, 3.05) is 30.3 Å². The molecule has 0 radical (unpaired) electrons. The molecule has 0 saturated heterocycles. The van der Waals surface area contributed by atoms with Gasteiger partial charge in [0.1, 0.15) is 11.4 Å². The molecule has 0 bridgehead atoms. The number of carbonyl (C=O) groups excluding carboxylic acids is 1. The van der Waals surface area contributed by atoms with Gasteiger partial charge in [-0.3, -0.25) is 4.79 Å². The maximum Gasteiger partial charge on any atom is 0.421 e. The first-order chi connectivity index (χ1) is 16.8. The highest BCUT2D eigenvalue weighted by atomic mass is 19.4. The molecule has 8 nitrogen and oxygen atoms in total. The molecule has 0 saturated carbocycles. The smallest absolute Gasteiger partial charge is 0.390 e. The Bertz CT molecular complexity index is 1050. The third-order valence-electron chi connectivity index (χ3n) is 5.70. The Kier molecular flexibility index (Phi) is 8.78. The number of aromatic nitrogens is 2. The molecule has 4 N–H and O–H groups in total. The average Bonchev–Trinajstić information content (AvgIpc) is 2.76. The van der Waals surface area contributed by atoms with Gasteiger partial charge in [0.25, 0.3) is 0 Å². The maximum atomic E-state index is 13.5. The van der Waals surface area contributed by atoms with Crippen molar-refractivity contribution < 1.29 is 23.1 Å². The molecule has 0 fully saturated rings. The normalized spacial score (nSPS) is 14.1. The molecule has 0 spiro atoms.